The van der Waals surface area contributed by atoms with Gasteiger partial charge in [-0.25, -0.2) is 4.98 Å². The van der Waals surface area contributed by atoms with Crippen molar-refractivity contribution in [3.8, 4) is 11.5 Å². The van der Waals surface area contributed by atoms with Crippen LogP contribution in [0.5, 0.6) is 11.5 Å². The van der Waals surface area contributed by atoms with Crippen LogP contribution >= 0.6 is 22.9 Å². The molecule has 0 radical (unpaired) electrons. The van der Waals surface area contributed by atoms with Crippen molar-refractivity contribution in [1.29, 1.82) is 0 Å². The number of ether oxygens (including phenoxy) is 2. The summed E-state index contributed by atoms with van der Waals surface area (Å²) in [5, 5.41) is 3.74. The fraction of sp³-hybridized carbons (Fsp3) is 0.176. The zero-order valence-electron chi connectivity index (χ0n) is 13.1. The molecule has 0 saturated heterocycles. The van der Waals surface area contributed by atoms with Crippen molar-refractivity contribution in [2.24, 2.45) is 0 Å². The molecular formula is C17H15ClN2O3S. The van der Waals surface area contributed by atoms with Crippen molar-refractivity contribution < 1.29 is 14.3 Å². The highest BCUT2D eigenvalue weighted by molar-refractivity contribution is 7.22. The zero-order chi connectivity index (χ0) is 17.1. The lowest BCUT2D eigenvalue weighted by Crippen LogP contribution is -2.30. The Balaban J connectivity index is 1.71. The van der Waals surface area contributed by atoms with Crippen LogP contribution in [-0.4, -0.2) is 24.1 Å². The molecule has 0 aliphatic heterocycles. The van der Waals surface area contributed by atoms with Crippen LogP contribution in [0.4, 0.5) is 5.13 Å². The Bertz CT molecular complexity index is 881. The van der Waals surface area contributed by atoms with Crippen LogP contribution in [0.3, 0.4) is 0 Å². The predicted octanol–water partition coefficient (Wildman–Crippen LogP) is 4.36. The number of nitrogens with one attached hydrogen (secondary N) is 1. The summed E-state index contributed by atoms with van der Waals surface area (Å²) in [4.78, 5) is 16.7. The molecule has 124 valence electrons. The highest BCUT2D eigenvalue weighted by atomic mass is 35.5. The summed E-state index contributed by atoms with van der Waals surface area (Å²) in [6.45, 7) is 1.66. The molecule has 0 aliphatic rings. The topological polar surface area (TPSA) is 60.5 Å². The third kappa shape index (κ3) is 3.60. The number of carbonyl (C=O) groups excluding carboxylic acids is 1. The van der Waals surface area contributed by atoms with Gasteiger partial charge in [0.2, 0.25) is 0 Å². The van der Waals surface area contributed by atoms with Gasteiger partial charge < -0.3 is 9.47 Å². The lowest BCUT2D eigenvalue weighted by molar-refractivity contribution is -0.122. The van der Waals surface area contributed by atoms with E-state index in [4.69, 9.17) is 21.1 Å². The van der Waals surface area contributed by atoms with Crippen molar-refractivity contribution in [1.82, 2.24) is 4.98 Å². The van der Waals surface area contributed by atoms with E-state index in [-0.39, 0.29) is 5.91 Å². The normalized spacial score (nSPS) is 12.0. The van der Waals surface area contributed by atoms with Crippen molar-refractivity contribution in [3.63, 3.8) is 0 Å². The number of hydrogen-bond acceptors (Lipinski definition) is 5. The Hall–Kier alpha value is -2.31. The molecule has 1 atom stereocenters. The summed E-state index contributed by atoms with van der Waals surface area (Å²) in [6, 6.07) is 12.6. The molecule has 3 rings (SSSR count). The number of carbonyl (C=O) groups is 1. The number of thiazole rings is 1. The zero-order valence-corrected chi connectivity index (χ0v) is 14.6. The molecule has 5 nitrogen and oxygen atoms in total. The van der Waals surface area contributed by atoms with E-state index in [1.807, 2.05) is 18.2 Å². The molecule has 1 heterocycles. The van der Waals surface area contributed by atoms with Gasteiger partial charge in [-0.3, -0.25) is 10.1 Å². The minimum Gasteiger partial charge on any atom is -0.497 e. The van der Waals surface area contributed by atoms with Gasteiger partial charge in [0.15, 0.2) is 11.2 Å². The van der Waals surface area contributed by atoms with Gasteiger partial charge in [0.25, 0.3) is 5.91 Å². The Labute approximate surface area is 148 Å². The van der Waals surface area contributed by atoms with E-state index < -0.39 is 6.10 Å². The lowest BCUT2D eigenvalue weighted by atomic mass is 10.3. The first-order valence-corrected chi connectivity index (χ1v) is 8.43. The summed E-state index contributed by atoms with van der Waals surface area (Å²) in [6.07, 6.45) is -0.702. The van der Waals surface area contributed by atoms with E-state index in [9.17, 15) is 4.79 Å². The maximum absolute atomic E-state index is 12.3. The Kier molecular flexibility index (Phi) is 4.87. The Morgan fingerprint density at radius 1 is 1.29 bits per heavy atom. The number of fused-ring (bicyclic) bond motifs is 1. The van der Waals surface area contributed by atoms with Gasteiger partial charge in [0.05, 0.1) is 22.3 Å². The van der Waals surface area contributed by atoms with Gasteiger partial charge in [0, 0.05) is 0 Å². The molecule has 3 aromatic rings. The summed E-state index contributed by atoms with van der Waals surface area (Å²) in [5.41, 5.74) is 0.802. The largest absolute Gasteiger partial charge is 0.497 e. The van der Waals surface area contributed by atoms with Crippen LogP contribution < -0.4 is 14.8 Å². The van der Waals surface area contributed by atoms with Gasteiger partial charge in [-0.1, -0.05) is 35.1 Å². The molecule has 1 amide bonds. The summed E-state index contributed by atoms with van der Waals surface area (Å²) in [7, 11) is 1.61. The first kappa shape index (κ1) is 16.5. The molecule has 0 fully saturated rings. The number of amides is 1. The molecule has 0 spiro atoms. The van der Waals surface area contributed by atoms with Crippen LogP contribution in [-0.2, 0) is 4.79 Å². The van der Waals surface area contributed by atoms with Gasteiger partial charge in [-0.2, -0.15) is 0 Å². The number of rotatable bonds is 5. The Morgan fingerprint density at radius 2 is 2.08 bits per heavy atom. The van der Waals surface area contributed by atoms with E-state index in [1.165, 1.54) is 11.3 Å². The Morgan fingerprint density at radius 3 is 2.83 bits per heavy atom. The maximum atomic E-state index is 12.3. The molecule has 0 unspecified atom stereocenters. The number of aromatic nitrogens is 1. The van der Waals surface area contributed by atoms with Gasteiger partial charge >= 0.3 is 0 Å². The van der Waals surface area contributed by atoms with Gasteiger partial charge in [0.1, 0.15) is 11.5 Å². The molecule has 1 aromatic heterocycles. The number of hydrogen-bond donors (Lipinski definition) is 1. The average Bonchev–Trinajstić information content (AvgIpc) is 2.97. The average molecular weight is 363 g/mol. The van der Waals surface area contributed by atoms with E-state index in [1.54, 1.807) is 38.3 Å². The number of benzene rings is 2. The van der Waals surface area contributed by atoms with Crippen LogP contribution in [0.25, 0.3) is 10.2 Å². The lowest BCUT2D eigenvalue weighted by Gasteiger charge is -2.14. The molecule has 7 heteroatoms. The molecule has 0 aliphatic carbocycles. The quantitative estimate of drug-likeness (QED) is 0.732. The second-order valence-corrected chi connectivity index (χ2v) is 6.47. The summed E-state index contributed by atoms with van der Waals surface area (Å²) >= 11 is 7.41. The van der Waals surface area contributed by atoms with Crippen LogP contribution in [0.2, 0.25) is 5.02 Å². The van der Waals surface area contributed by atoms with Crippen molar-refractivity contribution >= 4 is 44.2 Å². The number of methoxy groups -OCH3 is 1. The minimum atomic E-state index is -0.702. The van der Waals surface area contributed by atoms with Crippen LogP contribution in [0, 0.1) is 0 Å². The van der Waals surface area contributed by atoms with Crippen molar-refractivity contribution in [3.05, 3.63) is 47.5 Å². The first-order chi connectivity index (χ1) is 11.6. The highest BCUT2D eigenvalue weighted by Gasteiger charge is 2.18. The van der Waals surface area contributed by atoms with Crippen molar-refractivity contribution in [2.75, 3.05) is 12.4 Å². The number of nitrogens with zero attached hydrogens (tertiary/aromatic N) is 1. The number of para-hydroxylation sites is 1. The van der Waals surface area contributed by atoms with Gasteiger partial charge in [-0.15, -0.1) is 0 Å². The number of anilines is 1. The summed E-state index contributed by atoms with van der Waals surface area (Å²) < 4.78 is 11.7. The molecule has 2 aromatic carbocycles. The minimum absolute atomic E-state index is 0.291. The first-order valence-electron chi connectivity index (χ1n) is 7.23. The predicted molar refractivity (Wildman–Crippen MR) is 96.3 cm³/mol. The molecule has 0 saturated carbocycles. The van der Waals surface area contributed by atoms with E-state index >= 15 is 0 Å². The third-order valence-electron chi connectivity index (χ3n) is 3.34. The molecule has 0 bridgehead atoms. The highest BCUT2D eigenvalue weighted by Crippen LogP contribution is 2.29. The molecule has 24 heavy (non-hydrogen) atoms. The monoisotopic (exact) mass is 362 g/mol. The van der Waals surface area contributed by atoms with Crippen LogP contribution in [0.15, 0.2) is 42.5 Å². The number of halogens is 1. The maximum Gasteiger partial charge on any atom is 0.266 e. The molecule has 1 N–H and O–H groups in total. The van der Waals surface area contributed by atoms with Gasteiger partial charge in [-0.05, 0) is 37.3 Å². The van der Waals surface area contributed by atoms with Crippen LogP contribution in [0.1, 0.15) is 6.92 Å². The van der Waals surface area contributed by atoms with E-state index in [0.29, 0.717) is 15.9 Å². The van der Waals surface area contributed by atoms with Crippen molar-refractivity contribution in [2.45, 2.75) is 13.0 Å². The second kappa shape index (κ2) is 7.07. The SMILES string of the molecule is COc1ccc2nc(NC(=O)[C@@H](C)Oc3ccccc3Cl)sc2c1. The third-order valence-corrected chi connectivity index (χ3v) is 4.58. The smallest absolute Gasteiger partial charge is 0.266 e. The van der Waals surface area contributed by atoms with E-state index in [0.717, 1.165) is 16.0 Å². The fourth-order valence-electron chi connectivity index (χ4n) is 2.08. The standard InChI is InChI=1S/C17H15ClN2O3S/c1-10(23-14-6-4-3-5-12(14)18)16(21)20-17-19-13-8-7-11(22-2)9-15(13)24-17/h3-10H,1-2H3,(H,19,20,21)/t10-/m1/s1. The second-order valence-electron chi connectivity index (χ2n) is 5.03. The van der Waals surface area contributed by atoms with E-state index in [2.05, 4.69) is 10.3 Å². The fourth-order valence-corrected chi connectivity index (χ4v) is 3.15. The summed E-state index contributed by atoms with van der Waals surface area (Å²) in [5.74, 6) is 0.927. The molecular weight excluding hydrogens is 348 g/mol.